The third-order valence-corrected chi connectivity index (χ3v) is 5.34. The molecule has 0 amide bonds. The number of hydrogen-bond acceptors (Lipinski definition) is 2. The van der Waals surface area contributed by atoms with Crippen molar-refractivity contribution in [2.45, 2.75) is 0 Å². The molecule has 4 heteroatoms. The second kappa shape index (κ2) is 7.33. The number of aromatic amines is 1. The molecule has 0 aliphatic heterocycles. The lowest BCUT2D eigenvalue weighted by atomic mass is 9.96. The Labute approximate surface area is 173 Å². The number of nitrogens with one attached hydrogen (secondary N) is 1. The number of nitro groups is 1. The molecule has 0 radical (unpaired) electrons. The molecule has 1 N–H and O–H groups in total. The minimum absolute atomic E-state index is 0.108. The molecule has 0 bridgehead atoms. The first-order valence-electron chi connectivity index (χ1n) is 9.73. The topological polar surface area (TPSA) is 58.9 Å². The van der Waals surface area contributed by atoms with Crippen LogP contribution >= 0.6 is 0 Å². The Balaban J connectivity index is 1.80. The van der Waals surface area contributed by atoms with E-state index in [-0.39, 0.29) is 10.6 Å². The third kappa shape index (κ3) is 3.05. The molecule has 0 fully saturated rings. The third-order valence-electron chi connectivity index (χ3n) is 5.34. The maximum atomic E-state index is 11.5. The molecule has 0 spiro atoms. The SMILES string of the molecule is O=[N+]([O-])c1ccccc1-c1ccc2[nH]c(-c3ccccc3)c(-c3ccccc3)c2c1. The molecule has 0 saturated heterocycles. The minimum Gasteiger partial charge on any atom is -0.354 e. The first kappa shape index (κ1) is 17.9. The average Bonchev–Trinajstić information content (AvgIpc) is 3.19. The second-order valence-corrected chi connectivity index (χ2v) is 7.14. The van der Waals surface area contributed by atoms with Crippen LogP contribution in [0.15, 0.2) is 103 Å². The molecular weight excluding hydrogens is 372 g/mol. The Bertz CT molecular complexity index is 1360. The molecular formula is C26H18N2O2. The largest absolute Gasteiger partial charge is 0.354 e. The first-order chi connectivity index (χ1) is 14.7. The van der Waals surface area contributed by atoms with E-state index in [1.165, 1.54) is 0 Å². The number of nitro benzene ring substituents is 1. The molecule has 1 aromatic heterocycles. The predicted molar refractivity (Wildman–Crippen MR) is 121 cm³/mol. The molecule has 1 heterocycles. The van der Waals surface area contributed by atoms with E-state index in [0.717, 1.165) is 38.9 Å². The van der Waals surface area contributed by atoms with Gasteiger partial charge in [0.2, 0.25) is 0 Å². The van der Waals surface area contributed by atoms with Crippen molar-refractivity contribution in [1.29, 1.82) is 0 Å². The van der Waals surface area contributed by atoms with Crippen molar-refractivity contribution in [3.05, 3.63) is 113 Å². The van der Waals surface area contributed by atoms with Crippen LogP contribution in [0.5, 0.6) is 0 Å². The number of hydrogen-bond donors (Lipinski definition) is 1. The second-order valence-electron chi connectivity index (χ2n) is 7.14. The maximum Gasteiger partial charge on any atom is 0.277 e. The summed E-state index contributed by atoms with van der Waals surface area (Å²) in [6.07, 6.45) is 0. The van der Waals surface area contributed by atoms with Gasteiger partial charge < -0.3 is 4.98 Å². The van der Waals surface area contributed by atoms with E-state index in [2.05, 4.69) is 29.2 Å². The Morgan fingerprint density at radius 2 is 1.30 bits per heavy atom. The molecule has 4 nitrogen and oxygen atoms in total. The van der Waals surface area contributed by atoms with Crippen molar-refractivity contribution < 1.29 is 4.92 Å². The van der Waals surface area contributed by atoms with Crippen molar-refractivity contribution in [2.75, 3.05) is 0 Å². The quantitative estimate of drug-likeness (QED) is 0.263. The molecule has 4 aromatic carbocycles. The molecule has 5 rings (SSSR count). The number of benzene rings is 4. The Hall–Kier alpha value is -4.18. The van der Waals surface area contributed by atoms with Gasteiger partial charge in [-0.15, -0.1) is 0 Å². The fraction of sp³-hybridized carbons (Fsp3) is 0. The lowest BCUT2D eigenvalue weighted by Crippen LogP contribution is -1.91. The Kier molecular flexibility index (Phi) is 4.37. The van der Waals surface area contributed by atoms with Crippen LogP contribution < -0.4 is 0 Å². The smallest absolute Gasteiger partial charge is 0.277 e. The molecule has 144 valence electrons. The van der Waals surface area contributed by atoms with Gasteiger partial charge in [0.1, 0.15) is 0 Å². The normalized spacial score (nSPS) is 10.9. The highest BCUT2D eigenvalue weighted by Gasteiger charge is 2.18. The highest BCUT2D eigenvalue weighted by atomic mass is 16.6. The van der Waals surface area contributed by atoms with Crippen LogP contribution in [0, 0.1) is 10.1 Å². The first-order valence-corrected chi connectivity index (χ1v) is 9.73. The lowest BCUT2D eigenvalue weighted by Gasteiger charge is -2.07. The molecule has 0 aliphatic rings. The summed E-state index contributed by atoms with van der Waals surface area (Å²) >= 11 is 0. The number of aromatic nitrogens is 1. The van der Waals surface area contributed by atoms with Gasteiger partial charge in [-0.3, -0.25) is 10.1 Å². The minimum atomic E-state index is -0.329. The molecule has 0 saturated carbocycles. The Morgan fingerprint density at radius 1 is 0.667 bits per heavy atom. The van der Waals surface area contributed by atoms with Gasteiger partial charge in [0.05, 0.1) is 16.2 Å². The standard InChI is InChI=1S/C26H18N2O2/c29-28(30)24-14-8-7-13-21(24)20-15-16-23-22(17-20)25(18-9-3-1-4-10-18)26(27-23)19-11-5-2-6-12-19/h1-17,27H. The van der Waals surface area contributed by atoms with Crippen LogP contribution in [0.25, 0.3) is 44.4 Å². The Morgan fingerprint density at radius 3 is 2.00 bits per heavy atom. The van der Waals surface area contributed by atoms with E-state index in [0.29, 0.717) is 5.56 Å². The zero-order chi connectivity index (χ0) is 20.5. The zero-order valence-electron chi connectivity index (χ0n) is 16.1. The van der Waals surface area contributed by atoms with Gasteiger partial charge in [0.15, 0.2) is 0 Å². The summed E-state index contributed by atoms with van der Waals surface area (Å²) in [6.45, 7) is 0. The van der Waals surface area contributed by atoms with Crippen LogP contribution in [0.1, 0.15) is 0 Å². The van der Waals surface area contributed by atoms with E-state index >= 15 is 0 Å². The van der Waals surface area contributed by atoms with Crippen LogP contribution in [0.4, 0.5) is 5.69 Å². The summed E-state index contributed by atoms with van der Waals surface area (Å²) < 4.78 is 0. The number of rotatable bonds is 4. The fourth-order valence-electron chi connectivity index (χ4n) is 3.96. The number of fused-ring (bicyclic) bond motifs is 1. The summed E-state index contributed by atoms with van der Waals surface area (Å²) in [6, 6.07) is 33.3. The van der Waals surface area contributed by atoms with E-state index in [1.54, 1.807) is 18.2 Å². The molecule has 5 aromatic rings. The van der Waals surface area contributed by atoms with E-state index in [9.17, 15) is 10.1 Å². The van der Waals surface area contributed by atoms with Crippen LogP contribution in [-0.4, -0.2) is 9.91 Å². The molecule has 0 atom stereocenters. The van der Waals surface area contributed by atoms with E-state index < -0.39 is 0 Å². The van der Waals surface area contributed by atoms with Gasteiger partial charge in [-0.05, 0) is 34.9 Å². The van der Waals surface area contributed by atoms with Gasteiger partial charge in [-0.1, -0.05) is 78.9 Å². The molecule has 0 unspecified atom stereocenters. The maximum absolute atomic E-state index is 11.5. The van der Waals surface area contributed by atoms with Crippen molar-refractivity contribution in [2.24, 2.45) is 0 Å². The molecule has 0 aliphatic carbocycles. The zero-order valence-corrected chi connectivity index (χ0v) is 16.1. The number of para-hydroxylation sites is 1. The number of nitrogens with zero attached hydrogens (tertiary/aromatic N) is 1. The van der Waals surface area contributed by atoms with Crippen molar-refractivity contribution in [3.8, 4) is 33.5 Å². The van der Waals surface area contributed by atoms with Gasteiger partial charge in [-0.2, -0.15) is 0 Å². The van der Waals surface area contributed by atoms with Gasteiger partial charge >= 0.3 is 0 Å². The van der Waals surface area contributed by atoms with Gasteiger partial charge in [-0.25, -0.2) is 0 Å². The van der Waals surface area contributed by atoms with Crippen LogP contribution in [0.3, 0.4) is 0 Å². The van der Waals surface area contributed by atoms with Gasteiger partial charge in [0.25, 0.3) is 5.69 Å². The van der Waals surface area contributed by atoms with E-state index in [4.69, 9.17) is 0 Å². The summed E-state index contributed by atoms with van der Waals surface area (Å²) in [7, 11) is 0. The van der Waals surface area contributed by atoms with E-state index in [1.807, 2.05) is 60.7 Å². The highest BCUT2D eigenvalue weighted by Crippen LogP contribution is 2.40. The number of H-pyrrole nitrogens is 1. The summed E-state index contributed by atoms with van der Waals surface area (Å²) in [5.41, 5.74) is 6.87. The van der Waals surface area contributed by atoms with Crippen molar-refractivity contribution in [1.82, 2.24) is 4.98 Å². The predicted octanol–water partition coefficient (Wildman–Crippen LogP) is 7.08. The monoisotopic (exact) mass is 390 g/mol. The summed E-state index contributed by atoms with van der Waals surface area (Å²) in [4.78, 5) is 14.8. The summed E-state index contributed by atoms with van der Waals surface area (Å²) in [5, 5.41) is 12.6. The lowest BCUT2D eigenvalue weighted by molar-refractivity contribution is -0.384. The summed E-state index contributed by atoms with van der Waals surface area (Å²) in [5.74, 6) is 0. The van der Waals surface area contributed by atoms with Crippen LogP contribution in [0.2, 0.25) is 0 Å². The molecule has 30 heavy (non-hydrogen) atoms. The highest BCUT2D eigenvalue weighted by molar-refractivity contribution is 6.05. The van der Waals surface area contributed by atoms with Crippen molar-refractivity contribution in [3.63, 3.8) is 0 Å². The fourth-order valence-corrected chi connectivity index (χ4v) is 3.96. The van der Waals surface area contributed by atoms with Gasteiger partial charge in [0, 0.05) is 22.5 Å². The van der Waals surface area contributed by atoms with Crippen molar-refractivity contribution >= 4 is 16.6 Å². The average molecular weight is 390 g/mol. The van der Waals surface area contributed by atoms with Crippen LogP contribution in [-0.2, 0) is 0 Å².